The van der Waals surface area contributed by atoms with Crippen molar-refractivity contribution >= 4 is 46.0 Å². The van der Waals surface area contributed by atoms with Crippen molar-refractivity contribution in [3.8, 4) is 0 Å². The van der Waals surface area contributed by atoms with Gasteiger partial charge in [0.15, 0.2) is 0 Å². The molecule has 0 unspecified atom stereocenters. The van der Waals surface area contributed by atoms with Gasteiger partial charge in [0, 0.05) is 17.6 Å². The van der Waals surface area contributed by atoms with Crippen molar-refractivity contribution in [2.45, 2.75) is 33.9 Å². The van der Waals surface area contributed by atoms with Gasteiger partial charge in [0.25, 0.3) is 5.56 Å². The smallest absolute Gasteiger partial charge is 0.294 e. The van der Waals surface area contributed by atoms with E-state index in [0.29, 0.717) is 21.7 Å². The van der Waals surface area contributed by atoms with Crippen LogP contribution >= 0.6 is 11.6 Å². The van der Waals surface area contributed by atoms with Crippen LogP contribution in [0, 0.1) is 13.8 Å². The molecule has 0 atom stereocenters. The van der Waals surface area contributed by atoms with E-state index in [9.17, 15) is 14.4 Å². The molecule has 0 saturated heterocycles. The highest BCUT2D eigenvalue weighted by atomic mass is 35.5. The summed E-state index contributed by atoms with van der Waals surface area (Å²) in [5.41, 5.74) is 3.68. The van der Waals surface area contributed by atoms with Crippen molar-refractivity contribution in [2.24, 2.45) is 0 Å². The summed E-state index contributed by atoms with van der Waals surface area (Å²) in [7, 11) is 0. The van der Waals surface area contributed by atoms with Crippen LogP contribution in [0.1, 0.15) is 23.6 Å². The van der Waals surface area contributed by atoms with Gasteiger partial charge in [0.2, 0.25) is 17.6 Å². The molecule has 1 heterocycles. The molecule has 0 fully saturated rings. The molecule has 35 heavy (non-hydrogen) atoms. The zero-order chi connectivity index (χ0) is 25.1. The molecule has 0 aliphatic heterocycles. The lowest BCUT2D eigenvalue weighted by Gasteiger charge is -2.22. The van der Waals surface area contributed by atoms with Gasteiger partial charge in [-0.25, -0.2) is 4.98 Å². The minimum absolute atomic E-state index is 0.0220. The Morgan fingerprint density at radius 1 is 1.00 bits per heavy atom. The van der Waals surface area contributed by atoms with Crippen LogP contribution in [-0.2, 0) is 22.7 Å². The molecule has 0 saturated carbocycles. The molecular weight excluding hydrogens is 464 g/mol. The lowest BCUT2D eigenvalue weighted by atomic mass is 10.1. The van der Waals surface area contributed by atoms with Crippen molar-refractivity contribution in [1.29, 1.82) is 0 Å². The number of aryl methyl sites for hydroxylation is 1. The van der Waals surface area contributed by atoms with Crippen LogP contribution in [0.15, 0.2) is 71.5 Å². The number of carbonyl (C=O) groups is 2. The third kappa shape index (κ3) is 5.10. The number of nitrogens with zero attached hydrogens (tertiary/aromatic N) is 3. The minimum atomic E-state index is -0.523. The quantitative estimate of drug-likeness (QED) is 0.420. The van der Waals surface area contributed by atoms with Gasteiger partial charge < -0.3 is 5.32 Å². The number of nitrogens with one attached hydrogen (secondary N) is 1. The summed E-state index contributed by atoms with van der Waals surface area (Å²) in [5, 5.41) is 3.36. The number of anilines is 2. The zero-order valence-electron chi connectivity index (χ0n) is 19.7. The Balaban J connectivity index is 1.76. The third-order valence-corrected chi connectivity index (χ3v) is 6.31. The number of benzene rings is 3. The van der Waals surface area contributed by atoms with Crippen LogP contribution in [-0.4, -0.2) is 21.4 Å². The maximum absolute atomic E-state index is 13.6. The number of carbonyl (C=O) groups excluding carboxylic acids is 2. The van der Waals surface area contributed by atoms with Gasteiger partial charge in [0.1, 0.15) is 6.54 Å². The van der Waals surface area contributed by atoms with Crippen molar-refractivity contribution in [1.82, 2.24) is 9.55 Å². The summed E-state index contributed by atoms with van der Waals surface area (Å²) < 4.78 is 1.35. The summed E-state index contributed by atoms with van der Waals surface area (Å²) in [6, 6.07) is 19.9. The molecule has 1 N–H and O–H groups in total. The molecule has 4 aromatic rings. The first-order chi connectivity index (χ1) is 16.8. The van der Waals surface area contributed by atoms with E-state index in [2.05, 4.69) is 10.3 Å². The van der Waals surface area contributed by atoms with Gasteiger partial charge in [-0.15, -0.1) is 0 Å². The molecule has 0 radical (unpaired) electrons. The van der Waals surface area contributed by atoms with Gasteiger partial charge in [-0.05, 0) is 54.8 Å². The first-order valence-electron chi connectivity index (χ1n) is 11.1. The van der Waals surface area contributed by atoms with Crippen molar-refractivity contribution in [2.75, 3.05) is 10.2 Å². The average Bonchev–Trinajstić information content (AvgIpc) is 2.83. The summed E-state index contributed by atoms with van der Waals surface area (Å²) in [5.74, 6) is -0.738. The predicted octanol–water partition coefficient (Wildman–Crippen LogP) is 4.86. The van der Waals surface area contributed by atoms with E-state index in [1.54, 1.807) is 49.4 Å². The van der Waals surface area contributed by atoms with Crippen molar-refractivity contribution in [3.63, 3.8) is 0 Å². The Labute approximate surface area is 208 Å². The summed E-state index contributed by atoms with van der Waals surface area (Å²) in [6.45, 7) is 5.09. The van der Waals surface area contributed by atoms with E-state index in [1.807, 2.05) is 31.2 Å². The second-order valence-electron chi connectivity index (χ2n) is 8.31. The van der Waals surface area contributed by atoms with E-state index in [-0.39, 0.29) is 24.8 Å². The number of hydrogen-bond acceptors (Lipinski definition) is 4. The first-order valence-corrected chi connectivity index (χ1v) is 11.5. The molecule has 8 heteroatoms. The monoisotopic (exact) mass is 488 g/mol. The topological polar surface area (TPSA) is 84.3 Å². The Bertz CT molecular complexity index is 1500. The number of halogens is 1. The highest BCUT2D eigenvalue weighted by Gasteiger charge is 2.22. The fourth-order valence-electron chi connectivity index (χ4n) is 3.88. The Hall–Kier alpha value is -3.97. The van der Waals surface area contributed by atoms with Gasteiger partial charge in [-0.1, -0.05) is 54.1 Å². The second-order valence-corrected chi connectivity index (χ2v) is 8.71. The summed E-state index contributed by atoms with van der Waals surface area (Å²) in [6.07, 6.45) is 0. The largest absolute Gasteiger partial charge is 0.324 e. The Morgan fingerprint density at radius 3 is 2.46 bits per heavy atom. The van der Waals surface area contributed by atoms with Crippen molar-refractivity contribution in [3.05, 3.63) is 98.8 Å². The lowest BCUT2D eigenvalue weighted by molar-refractivity contribution is -0.117. The highest BCUT2D eigenvalue weighted by Crippen LogP contribution is 2.23. The minimum Gasteiger partial charge on any atom is -0.324 e. The number of aromatic nitrogens is 2. The first kappa shape index (κ1) is 24.2. The van der Waals surface area contributed by atoms with E-state index in [4.69, 9.17) is 11.6 Å². The predicted molar refractivity (Wildman–Crippen MR) is 139 cm³/mol. The van der Waals surface area contributed by atoms with Gasteiger partial charge in [-0.3, -0.25) is 23.9 Å². The SMILES string of the molecule is CC(=O)N(Cc1ccccc1C)c1nc2ccccc2n(CC(=O)Nc2cccc(Cl)c2C)c1=O. The van der Waals surface area contributed by atoms with Gasteiger partial charge in [0.05, 0.1) is 17.6 Å². The van der Waals surface area contributed by atoms with Crippen LogP contribution in [0.3, 0.4) is 0 Å². The zero-order valence-corrected chi connectivity index (χ0v) is 20.5. The van der Waals surface area contributed by atoms with E-state index < -0.39 is 11.5 Å². The Kier molecular flexibility index (Phi) is 6.98. The third-order valence-electron chi connectivity index (χ3n) is 5.90. The molecule has 0 aliphatic rings. The van der Waals surface area contributed by atoms with E-state index in [0.717, 1.165) is 16.7 Å². The van der Waals surface area contributed by atoms with Gasteiger partial charge in [-0.2, -0.15) is 0 Å². The molecule has 0 spiro atoms. The molecule has 7 nitrogen and oxygen atoms in total. The molecule has 0 aliphatic carbocycles. The fraction of sp³-hybridized carbons (Fsp3) is 0.185. The number of para-hydroxylation sites is 2. The molecule has 0 bridgehead atoms. The van der Waals surface area contributed by atoms with Crippen molar-refractivity contribution < 1.29 is 9.59 Å². The number of amides is 2. The number of rotatable bonds is 6. The lowest BCUT2D eigenvalue weighted by Crippen LogP contribution is -2.38. The number of hydrogen-bond donors (Lipinski definition) is 1. The molecule has 1 aromatic heterocycles. The van der Waals surface area contributed by atoms with E-state index in [1.165, 1.54) is 16.4 Å². The molecule has 178 valence electrons. The van der Waals surface area contributed by atoms with E-state index >= 15 is 0 Å². The van der Waals surface area contributed by atoms with Crippen LogP contribution < -0.4 is 15.8 Å². The standard InChI is InChI=1S/C27H25ClN4O3/c1-17-9-4-5-10-20(17)15-31(19(3)33)26-27(35)32(24-14-7-6-12-23(24)30-26)16-25(34)29-22-13-8-11-21(28)18(22)2/h4-14H,15-16H2,1-3H3,(H,29,34). The molecule has 2 amide bonds. The second kappa shape index (κ2) is 10.1. The van der Waals surface area contributed by atoms with Crippen LogP contribution in [0.2, 0.25) is 5.02 Å². The molecular formula is C27H25ClN4O3. The van der Waals surface area contributed by atoms with Crippen LogP contribution in [0.5, 0.6) is 0 Å². The van der Waals surface area contributed by atoms with Gasteiger partial charge >= 0.3 is 0 Å². The maximum atomic E-state index is 13.6. The Morgan fingerprint density at radius 2 is 1.71 bits per heavy atom. The normalized spacial score (nSPS) is 10.9. The van der Waals surface area contributed by atoms with Crippen LogP contribution in [0.25, 0.3) is 11.0 Å². The fourth-order valence-corrected chi connectivity index (χ4v) is 4.06. The maximum Gasteiger partial charge on any atom is 0.294 e. The average molecular weight is 489 g/mol. The number of fused-ring (bicyclic) bond motifs is 1. The summed E-state index contributed by atoms with van der Waals surface area (Å²) in [4.78, 5) is 45.1. The molecule has 4 rings (SSSR count). The highest BCUT2D eigenvalue weighted by molar-refractivity contribution is 6.31. The summed E-state index contributed by atoms with van der Waals surface area (Å²) >= 11 is 6.17. The van der Waals surface area contributed by atoms with Crippen LogP contribution in [0.4, 0.5) is 11.5 Å². The molecule has 3 aromatic carbocycles.